The van der Waals surface area contributed by atoms with Crippen molar-refractivity contribution in [3.63, 3.8) is 0 Å². The van der Waals surface area contributed by atoms with Crippen LogP contribution < -0.4 is 16.6 Å². The Kier molecular flexibility index (Phi) is 3.87. The molecule has 70 valence electrons. The van der Waals surface area contributed by atoms with Crippen LogP contribution in [0.2, 0.25) is 0 Å². The number of nitrogens with zero attached hydrogens (tertiary/aromatic N) is 1. The minimum Gasteiger partial charge on any atom is -0.355 e. The lowest BCUT2D eigenvalue weighted by molar-refractivity contribution is 0.297. The second-order valence-corrected chi connectivity index (χ2v) is 3.23. The van der Waals surface area contributed by atoms with E-state index in [-0.39, 0.29) is 0 Å². The zero-order valence-electron chi connectivity index (χ0n) is 7.64. The van der Waals surface area contributed by atoms with Gasteiger partial charge in [-0.2, -0.15) is 0 Å². The second kappa shape index (κ2) is 4.98. The number of nitrogens with one attached hydrogen (secondary N) is 2. The molecule has 0 amide bonds. The van der Waals surface area contributed by atoms with E-state index in [1.165, 1.54) is 25.7 Å². The highest BCUT2D eigenvalue weighted by Gasteiger charge is 2.16. The molecule has 12 heavy (non-hydrogen) atoms. The highest BCUT2D eigenvalue weighted by atomic mass is 15.3. The Hall–Kier alpha value is -0.770. The summed E-state index contributed by atoms with van der Waals surface area (Å²) in [6.45, 7) is 0.974. The van der Waals surface area contributed by atoms with E-state index in [0.29, 0.717) is 5.96 Å². The lowest BCUT2D eigenvalue weighted by Crippen LogP contribution is -2.42. The minimum atomic E-state index is 0.675. The average molecular weight is 170 g/mol. The summed E-state index contributed by atoms with van der Waals surface area (Å²) < 4.78 is 0. The Morgan fingerprint density at radius 1 is 1.58 bits per heavy atom. The molecule has 1 saturated carbocycles. The molecule has 0 radical (unpaired) electrons. The molecule has 0 atom stereocenters. The van der Waals surface area contributed by atoms with Crippen LogP contribution in [0.25, 0.3) is 0 Å². The largest absolute Gasteiger partial charge is 0.355 e. The van der Waals surface area contributed by atoms with Crippen molar-refractivity contribution in [1.29, 1.82) is 0 Å². The zero-order chi connectivity index (χ0) is 8.81. The lowest BCUT2D eigenvalue weighted by Gasteiger charge is -2.25. The van der Waals surface area contributed by atoms with E-state index in [0.717, 1.165) is 12.5 Å². The molecule has 0 aromatic heterocycles. The molecule has 1 fully saturated rings. The first-order chi connectivity index (χ1) is 5.86. The van der Waals surface area contributed by atoms with Crippen molar-refractivity contribution in [2.45, 2.75) is 25.7 Å². The molecule has 0 unspecified atom stereocenters. The van der Waals surface area contributed by atoms with Gasteiger partial charge in [0.25, 0.3) is 0 Å². The normalized spacial score (nSPS) is 18.7. The molecular weight excluding hydrogens is 152 g/mol. The smallest absolute Gasteiger partial charge is 0.205 e. The van der Waals surface area contributed by atoms with E-state index in [2.05, 4.69) is 15.7 Å². The van der Waals surface area contributed by atoms with Gasteiger partial charge in [0.1, 0.15) is 0 Å². The van der Waals surface area contributed by atoms with Crippen LogP contribution in [-0.2, 0) is 0 Å². The van der Waals surface area contributed by atoms with Gasteiger partial charge < -0.3 is 5.32 Å². The molecule has 4 nitrogen and oxygen atoms in total. The van der Waals surface area contributed by atoms with Gasteiger partial charge in [-0.25, -0.2) is 5.84 Å². The van der Waals surface area contributed by atoms with Crippen LogP contribution in [0.15, 0.2) is 4.99 Å². The van der Waals surface area contributed by atoms with E-state index in [4.69, 9.17) is 5.84 Å². The molecule has 1 rings (SSSR count). The zero-order valence-corrected chi connectivity index (χ0v) is 7.64. The summed E-state index contributed by atoms with van der Waals surface area (Å²) in [4.78, 5) is 3.92. The number of hydrogen-bond donors (Lipinski definition) is 3. The SMILES string of the molecule is CN=C(NN)NCCC1CCC1. The Bertz CT molecular complexity index is 151. The fourth-order valence-corrected chi connectivity index (χ4v) is 1.37. The highest BCUT2D eigenvalue weighted by Crippen LogP contribution is 2.28. The summed E-state index contributed by atoms with van der Waals surface area (Å²) in [5, 5.41) is 3.13. The predicted molar refractivity (Wildman–Crippen MR) is 50.6 cm³/mol. The van der Waals surface area contributed by atoms with Crippen molar-refractivity contribution < 1.29 is 0 Å². The number of nitrogens with two attached hydrogens (primary N) is 1. The topological polar surface area (TPSA) is 62.4 Å². The van der Waals surface area contributed by atoms with Gasteiger partial charge in [-0.15, -0.1) is 0 Å². The molecule has 4 heteroatoms. The molecule has 1 aliphatic carbocycles. The van der Waals surface area contributed by atoms with E-state index in [1.54, 1.807) is 7.05 Å². The molecule has 4 N–H and O–H groups in total. The standard InChI is InChI=1S/C8H18N4/c1-10-8(12-9)11-6-5-7-3-2-4-7/h7H,2-6,9H2,1H3,(H2,10,11,12). The summed E-state index contributed by atoms with van der Waals surface area (Å²) in [6.07, 6.45) is 5.45. The lowest BCUT2D eigenvalue weighted by atomic mass is 9.83. The van der Waals surface area contributed by atoms with Gasteiger partial charge in [-0.3, -0.25) is 10.4 Å². The molecule has 0 bridgehead atoms. The first-order valence-corrected chi connectivity index (χ1v) is 4.54. The molecule has 0 saturated heterocycles. The van der Waals surface area contributed by atoms with Crippen molar-refractivity contribution in [2.24, 2.45) is 16.8 Å². The van der Waals surface area contributed by atoms with Crippen LogP contribution in [-0.4, -0.2) is 19.6 Å². The van der Waals surface area contributed by atoms with Gasteiger partial charge in [0.15, 0.2) is 0 Å². The van der Waals surface area contributed by atoms with Crippen molar-refractivity contribution in [3.05, 3.63) is 0 Å². The molecule has 0 aromatic carbocycles. The van der Waals surface area contributed by atoms with Gasteiger partial charge in [-0.1, -0.05) is 19.3 Å². The monoisotopic (exact) mass is 170 g/mol. The van der Waals surface area contributed by atoms with Gasteiger partial charge in [0.2, 0.25) is 5.96 Å². The molecule has 0 aromatic rings. The van der Waals surface area contributed by atoms with Gasteiger partial charge in [0.05, 0.1) is 0 Å². The summed E-state index contributed by atoms with van der Waals surface area (Å²) in [6, 6.07) is 0. The highest BCUT2D eigenvalue weighted by molar-refractivity contribution is 5.78. The van der Waals surface area contributed by atoms with Gasteiger partial charge in [0, 0.05) is 13.6 Å². The molecular formula is C8H18N4. The number of aliphatic imine (C=N–C) groups is 1. The van der Waals surface area contributed by atoms with Crippen LogP contribution in [0.4, 0.5) is 0 Å². The summed E-state index contributed by atoms with van der Waals surface area (Å²) in [5.41, 5.74) is 2.50. The Balaban J connectivity index is 2.00. The van der Waals surface area contributed by atoms with Crippen LogP contribution in [0.1, 0.15) is 25.7 Å². The fraction of sp³-hybridized carbons (Fsp3) is 0.875. The summed E-state index contributed by atoms with van der Waals surface area (Å²) >= 11 is 0. The van der Waals surface area contributed by atoms with Crippen LogP contribution in [0.3, 0.4) is 0 Å². The first-order valence-electron chi connectivity index (χ1n) is 4.54. The molecule has 1 aliphatic rings. The van der Waals surface area contributed by atoms with Crippen LogP contribution in [0.5, 0.6) is 0 Å². The minimum absolute atomic E-state index is 0.675. The first kappa shape index (κ1) is 9.32. The third kappa shape index (κ3) is 2.70. The molecule has 0 aliphatic heterocycles. The Morgan fingerprint density at radius 3 is 2.75 bits per heavy atom. The average Bonchev–Trinajstić information content (AvgIpc) is 2.02. The third-order valence-corrected chi connectivity index (χ3v) is 2.43. The van der Waals surface area contributed by atoms with E-state index in [9.17, 15) is 0 Å². The van der Waals surface area contributed by atoms with E-state index < -0.39 is 0 Å². The van der Waals surface area contributed by atoms with Crippen molar-refractivity contribution >= 4 is 5.96 Å². The molecule has 0 heterocycles. The fourth-order valence-electron chi connectivity index (χ4n) is 1.37. The van der Waals surface area contributed by atoms with Crippen molar-refractivity contribution in [3.8, 4) is 0 Å². The van der Waals surface area contributed by atoms with E-state index >= 15 is 0 Å². The second-order valence-electron chi connectivity index (χ2n) is 3.23. The maximum atomic E-state index is 5.20. The third-order valence-electron chi connectivity index (χ3n) is 2.43. The number of guanidine groups is 1. The Labute approximate surface area is 73.6 Å². The summed E-state index contributed by atoms with van der Waals surface area (Å²) in [7, 11) is 1.71. The number of hydrazine groups is 1. The Morgan fingerprint density at radius 2 is 2.33 bits per heavy atom. The van der Waals surface area contributed by atoms with E-state index in [1.807, 2.05) is 0 Å². The number of rotatable bonds is 3. The molecule has 0 spiro atoms. The van der Waals surface area contributed by atoms with Gasteiger partial charge >= 0.3 is 0 Å². The van der Waals surface area contributed by atoms with Crippen LogP contribution in [0, 0.1) is 5.92 Å². The summed E-state index contributed by atoms with van der Waals surface area (Å²) in [5.74, 6) is 6.82. The van der Waals surface area contributed by atoms with Gasteiger partial charge in [-0.05, 0) is 12.3 Å². The maximum Gasteiger partial charge on any atom is 0.205 e. The van der Waals surface area contributed by atoms with Crippen LogP contribution >= 0.6 is 0 Å². The number of hydrogen-bond acceptors (Lipinski definition) is 2. The van der Waals surface area contributed by atoms with Crippen molar-refractivity contribution in [2.75, 3.05) is 13.6 Å². The predicted octanol–water partition coefficient (Wildman–Crippen LogP) is 0.215. The van der Waals surface area contributed by atoms with Crippen molar-refractivity contribution in [1.82, 2.24) is 10.7 Å². The maximum absolute atomic E-state index is 5.20. The quantitative estimate of drug-likeness (QED) is 0.246.